The van der Waals surface area contributed by atoms with Crippen molar-refractivity contribution < 1.29 is 9.59 Å². The Balaban J connectivity index is 5.31. The van der Waals surface area contributed by atoms with Crippen LogP contribution >= 0.6 is 0 Å². The van der Waals surface area contributed by atoms with Crippen molar-refractivity contribution in [2.45, 2.75) is 52.6 Å². The van der Waals surface area contributed by atoms with Crippen molar-refractivity contribution in [3.8, 4) is 0 Å². The molecule has 0 fully saturated rings. The Bertz CT molecular complexity index is 309. The van der Waals surface area contributed by atoms with E-state index in [4.69, 9.17) is 0 Å². The van der Waals surface area contributed by atoms with Gasteiger partial charge in [-0.25, -0.2) is 9.59 Å². The molecule has 0 heterocycles. The molecule has 84 valence electrons. The number of hydrogen-bond acceptors (Lipinski definition) is 4. The number of hydrogen-bond donors (Lipinski definition) is 0. The summed E-state index contributed by atoms with van der Waals surface area (Å²) in [5.74, 6) is 0. The summed E-state index contributed by atoms with van der Waals surface area (Å²) in [7, 11) is 0. The molecule has 0 aliphatic rings. The van der Waals surface area contributed by atoms with Crippen LogP contribution in [0.4, 0.5) is 0 Å². The molecule has 0 radical (unpaired) electrons. The van der Waals surface area contributed by atoms with Gasteiger partial charge in [-0.15, -0.1) is 0 Å². The first-order valence-corrected chi connectivity index (χ1v) is 4.98. The topological polar surface area (TPSA) is 58.9 Å². The van der Waals surface area contributed by atoms with Gasteiger partial charge in [-0.2, -0.15) is 9.98 Å². The summed E-state index contributed by atoms with van der Waals surface area (Å²) in [4.78, 5) is 28.2. The molecule has 0 spiro atoms. The predicted octanol–water partition coefficient (Wildman–Crippen LogP) is 2.24. The molecular formula is C11H18N2O2. The molecule has 0 saturated heterocycles. The number of aliphatic imine (C=N–C) groups is 2. The average Bonchev–Trinajstić information content (AvgIpc) is 2.13. The van der Waals surface area contributed by atoms with Crippen molar-refractivity contribution in [1.29, 1.82) is 0 Å². The fourth-order valence-electron chi connectivity index (χ4n) is 1.71. The highest BCUT2D eigenvalue weighted by molar-refractivity contribution is 5.37. The standard InChI is InChI=1S/C11H18N2O2/c1-6-10(2,3)9(12-7-14)11(4,5)13-8-15/h9H,6H2,1-5H3. The van der Waals surface area contributed by atoms with Crippen LogP contribution < -0.4 is 0 Å². The molecule has 0 aliphatic heterocycles. The van der Waals surface area contributed by atoms with E-state index in [-0.39, 0.29) is 11.5 Å². The summed E-state index contributed by atoms with van der Waals surface area (Å²) in [5.41, 5.74) is -0.931. The van der Waals surface area contributed by atoms with Crippen LogP contribution in [0.5, 0.6) is 0 Å². The largest absolute Gasteiger partial charge is 0.235 e. The van der Waals surface area contributed by atoms with Gasteiger partial charge in [0, 0.05) is 0 Å². The molecule has 1 unspecified atom stereocenters. The van der Waals surface area contributed by atoms with Gasteiger partial charge in [-0.05, 0) is 25.7 Å². The average molecular weight is 210 g/mol. The van der Waals surface area contributed by atoms with Gasteiger partial charge in [0.05, 0.1) is 11.6 Å². The van der Waals surface area contributed by atoms with E-state index in [1.807, 2.05) is 20.8 Å². The summed E-state index contributed by atoms with van der Waals surface area (Å²) < 4.78 is 0. The second kappa shape index (κ2) is 5.01. The molecule has 0 N–H and O–H groups in total. The fraction of sp³-hybridized carbons (Fsp3) is 0.818. The number of rotatable bonds is 5. The van der Waals surface area contributed by atoms with Crippen LogP contribution in [-0.2, 0) is 9.59 Å². The fourth-order valence-corrected chi connectivity index (χ4v) is 1.71. The lowest BCUT2D eigenvalue weighted by Crippen LogP contribution is -2.43. The SMILES string of the molecule is CCC(C)(C)C(N=C=O)C(C)(C)N=C=O. The van der Waals surface area contributed by atoms with E-state index in [0.717, 1.165) is 6.42 Å². The van der Waals surface area contributed by atoms with E-state index < -0.39 is 5.54 Å². The third-order valence-electron chi connectivity index (χ3n) is 2.84. The highest BCUT2D eigenvalue weighted by Crippen LogP contribution is 2.35. The summed E-state index contributed by atoms with van der Waals surface area (Å²) in [6, 6.07) is -0.367. The molecule has 15 heavy (non-hydrogen) atoms. The number of nitrogens with zero attached hydrogens (tertiary/aromatic N) is 2. The van der Waals surface area contributed by atoms with Crippen LogP contribution in [0.2, 0.25) is 0 Å². The van der Waals surface area contributed by atoms with Gasteiger partial charge in [-0.1, -0.05) is 20.8 Å². The Morgan fingerprint density at radius 2 is 1.67 bits per heavy atom. The lowest BCUT2D eigenvalue weighted by molar-refractivity contribution is 0.203. The molecule has 0 aromatic rings. The maximum Gasteiger partial charge on any atom is 0.235 e. The molecule has 1 atom stereocenters. The molecule has 0 amide bonds. The molecular weight excluding hydrogens is 192 g/mol. The molecule has 0 rings (SSSR count). The first kappa shape index (κ1) is 13.8. The minimum atomic E-state index is -0.724. The summed E-state index contributed by atoms with van der Waals surface area (Å²) >= 11 is 0. The van der Waals surface area contributed by atoms with E-state index in [1.165, 1.54) is 6.08 Å². The minimum Gasteiger partial charge on any atom is -0.211 e. The summed E-state index contributed by atoms with van der Waals surface area (Å²) in [6.45, 7) is 9.51. The van der Waals surface area contributed by atoms with Crippen LogP contribution in [0.3, 0.4) is 0 Å². The van der Waals surface area contributed by atoms with Crippen molar-refractivity contribution in [2.75, 3.05) is 0 Å². The predicted molar refractivity (Wildman–Crippen MR) is 58.2 cm³/mol. The van der Waals surface area contributed by atoms with E-state index >= 15 is 0 Å². The van der Waals surface area contributed by atoms with Crippen molar-refractivity contribution >= 4 is 12.2 Å². The zero-order chi connectivity index (χ0) is 12.1. The molecule has 4 heteroatoms. The van der Waals surface area contributed by atoms with Crippen molar-refractivity contribution in [3.63, 3.8) is 0 Å². The van der Waals surface area contributed by atoms with Crippen LogP contribution in [-0.4, -0.2) is 23.7 Å². The third-order valence-corrected chi connectivity index (χ3v) is 2.84. The normalized spacial score (nSPS) is 13.7. The van der Waals surface area contributed by atoms with Crippen LogP contribution in [0.25, 0.3) is 0 Å². The Morgan fingerprint density at radius 1 is 1.13 bits per heavy atom. The van der Waals surface area contributed by atoms with Crippen LogP contribution in [0.15, 0.2) is 9.98 Å². The molecule has 4 nitrogen and oxygen atoms in total. The highest BCUT2D eigenvalue weighted by Gasteiger charge is 2.40. The lowest BCUT2D eigenvalue weighted by atomic mass is 9.73. The second-order valence-corrected chi connectivity index (χ2v) is 4.82. The summed E-state index contributed by atoms with van der Waals surface area (Å²) in [6.07, 6.45) is 3.92. The first-order chi connectivity index (χ1) is 6.81. The third kappa shape index (κ3) is 3.43. The van der Waals surface area contributed by atoms with E-state index in [0.29, 0.717) is 0 Å². The van der Waals surface area contributed by atoms with Crippen molar-refractivity contribution in [2.24, 2.45) is 15.4 Å². The zero-order valence-corrected chi connectivity index (χ0v) is 10.00. The van der Waals surface area contributed by atoms with E-state index in [9.17, 15) is 9.59 Å². The van der Waals surface area contributed by atoms with Crippen molar-refractivity contribution in [3.05, 3.63) is 0 Å². The Hall–Kier alpha value is -1.24. The molecule has 0 bridgehead atoms. The van der Waals surface area contributed by atoms with E-state index in [2.05, 4.69) is 9.98 Å². The molecule has 0 saturated carbocycles. The highest BCUT2D eigenvalue weighted by atomic mass is 16.1. The van der Waals surface area contributed by atoms with Gasteiger partial charge in [0.2, 0.25) is 12.2 Å². The Labute approximate surface area is 90.5 Å². The van der Waals surface area contributed by atoms with Gasteiger partial charge in [0.15, 0.2) is 0 Å². The Morgan fingerprint density at radius 3 is 2.00 bits per heavy atom. The van der Waals surface area contributed by atoms with Gasteiger partial charge >= 0.3 is 0 Å². The molecule has 0 aliphatic carbocycles. The zero-order valence-electron chi connectivity index (χ0n) is 10.00. The molecule has 0 aromatic heterocycles. The number of carbonyl (C=O) groups excluding carboxylic acids is 2. The van der Waals surface area contributed by atoms with Crippen molar-refractivity contribution in [1.82, 2.24) is 0 Å². The van der Waals surface area contributed by atoms with Crippen LogP contribution in [0, 0.1) is 5.41 Å². The van der Waals surface area contributed by atoms with Gasteiger partial charge in [0.25, 0.3) is 0 Å². The van der Waals surface area contributed by atoms with Gasteiger partial charge in [-0.3, -0.25) is 0 Å². The Kier molecular flexibility index (Phi) is 4.60. The number of isocyanates is 2. The second-order valence-electron chi connectivity index (χ2n) is 4.82. The minimum absolute atomic E-state index is 0.207. The summed E-state index contributed by atoms with van der Waals surface area (Å²) in [5, 5.41) is 0. The van der Waals surface area contributed by atoms with Crippen LogP contribution in [0.1, 0.15) is 41.0 Å². The lowest BCUT2D eigenvalue weighted by Gasteiger charge is -2.37. The van der Waals surface area contributed by atoms with Gasteiger partial charge in [0.1, 0.15) is 0 Å². The first-order valence-electron chi connectivity index (χ1n) is 4.98. The smallest absolute Gasteiger partial charge is 0.211 e. The monoisotopic (exact) mass is 210 g/mol. The van der Waals surface area contributed by atoms with Gasteiger partial charge < -0.3 is 0 Å². The quantitative estimate of drug-likeness (QED) is 0.516. The maximum atomic E-state index is 10.4. The van der Waals surface area contributed by atoms with E-state index in [1.54, 1.807) is 19.9 Å². The maximum absolute atomic E-state index is 10.4. The molecule has 0 aromatic carbocycles.